The zero-order chi connectivity index (χ0) is 12.7. The van der Waals surface area contributed by atoms with Crippen molar-refractivity contribution < 1.29 is 0 Å². The van der Waals surface area contributed by atoms with Crippen LogP contribution in [0, 0.1) is 12.8 Å². The van der Waals surface area contributed by atoms with E-state index in [-0.39, 0.29) is 0 Å². The van der Waals surface area contributed by atoms with Crippen LogP contribution in [-0.4, -0.2) is 13.1 Å². The molecule has 1 rings (SSSR count). The van der Waals surface area contributed by atoms with Crippen molar-refractivity contribution in [2.45, 2.75) is 40.0 Å². The van der Waals surface area contributed by atoms with E-state index in [1.165, 1.54) is 34.9 Å². The normalized spacial score (nSPS) is 11.1. The Morgan fingerprint density at radius 1 is 1.24 bits per heavy atom. The molecule has 2 heteroatoms. The lowest BCUT2D eigenvalue weighted by molar-refractivity contribution is 0.535. The molecule has 17 heavy (non-hydrogen) atoms. The van der Waals surface area contributed by atoms with Gasteiger partial charge in [0.2, 0.25) is 0 Å². The fourth-order valence-corrected chi connectivity index (χ4v) is 2.50. The molecule has 1 aromatic carbocycles. The second kappa shape index (κ2) is 7.88. The Hall–Kier alpha value is -0.340. The van der Waals surface area contributed by atoms with Crippen molar-refractivity contribution in [3.63, 3.8) is 0 Å². The maximum atomic E-state index is 3.63. The molecular formula is C15H24BrN. The molecule has 0 fully saturated rings. The van der Waals surface area contributed by atoms with Gasteiger partial charge in [-0.05, 0) is 62.4 Å². The first-order valence-electron chi connectivity index (χ1n) is 6.55. The van der Waals surface area contributed by atoms with E-state index in [9.17, 15) is 0 Å². The van der Waals surface area contributed by atoms with E-state index >= 15 is 0 Å². The molecule has 1 nitrogen and oxygen atoms in total. The van der Waals surface area contributed by atoms with Crippen molar-refractivity contribution in [2.24, 2.45) is 5.92 Å². The summed E-state index contributed by atoms with van der Waals surface area (Å²) in [5.41, 5.74) is 2.75. The smallest absolute Gasteiger partial charge is 0.0209 e. The molecule has 0 aliphatic heterocycles. The lowest BCUT2D eigenvalue weighted by Gasteiger charge is -2.08. The molecule has 0 heterocycles. The lowest BCUT2D eigenvalue weighted by Crippen LogP contribution is -2.20. The molecule has 0 saturated heterocycles. The standard InChI is InChI=1S/C15H24BrN/c1-12(2)11-17-9-5-4-6-14-8-7-13(3)10-15(14)16/h7-8,10,12,17H,4-6,9,11H2,1-3H3. The van der Waals surface area contributed by atoms with Crippen LogP contribution in [0.15, 0.2) is 22.7 Å². The van der Waals surface area contributed by atoms with Gasteiger partial charge in [0.25, 0.3) is 0 Å². The molecule has 0 saturated carbocycles. The number of benzene rings is 1. The fourth-order valence-electron chi connectivity index (χ4n) is 1.81. The maximum absolute atomic E-state index is 3.63. The van der Waals surface area contributed by atoms with Crippen LogP contribution >= 0.6 is 15.9 Å². The van der Waals surface area contributed by atoms with E-state index < -0.39 is 0 Å². The fraction of sp³-hybridized carbons (Fsp3) is 0.600. The van der Waals surface area contributed by atoms with Gasteiger partial charge in [-0.3, -0.25) is 0 Å². The van der Waals surface area contributed by atoms with Gasteiger partial charge in [0.1, 0.15) is 0 Å². The Bertz CT molecular complexity index is 334. The molecule has 0 unspecified atom stereocenters. The largest absolute Gasteiger partial charge is 0.316 e. The summed E-state index contributed by atoms with van der Waals surface area (Å²) in [5.74, 6) is 0.751. The van der Waals surface area contributed by atoms with Gasteiger partial charge < -0.3 is 5.32 Å². The number of hydrogen-bond acceptors (Lipinski definition) is 1. The first-order chi connectivity index (χ1) is 8.09. The highest BCUT2D eigenvalue weighted by Crippen LogP contribution is 2.20. The summed E-state index contributed by atoms with van der Waals surface area (Å²) in [5, 5.41) is 3.48. The number of halogens is 1. The van der Waals surface area contributed by atoms with Crippen molar-refractivity contribution >= 4 is 15.9 Å². The Balaban J connectivity index is 2.18. The van der Waals surface area contributed by atoms with Crippen molar-refractivity contribution in [1.29, 1.82) is 0 Å². The van der Waals surface area contributed by atoms with Crippen LogP contribution in [0.4, 0.5) is 0 Å². The van der Waals surface area contributed by atoms with Gasteiger partial charge >= 0.3 is 0 Å². The average Bonchev–Trinajstić information content (AvgIpc) is 2.25. The van der Waals surface area contributed by atoms with E-state index in [4.69, 9.17) is 0 Å². The molecule has 0 atom stereocenters. The second-order valence-corrected chi connectivity index (χ2v) is 6.00. The minimum Gasteiger partial charge on any atom is -0.316 e. The summed E-state index contributed by atoms with van der Waals surface area (Å²) in [6, 6.07) is 6.63. The van der Waals surface area contributed by atoms with Gasteiger partial charge in [-0.1, -0.05) is 41.9 Å². The molecular weight excluding hydrogens is 274 g/mol. The summed E-state index contributed by atoms with van der Waals surface area (Å²) in [6.07, 6.45) is 3.68. The molecule has 0 aromatic heterocycles. The van der Waals surface area contributed by atoms with Gasteiger partial charge in [-0.25, -0.2) is 0 Å². The summed E-state index contributed by atoms with van der Waals surface area (Å²) in [4.78, 5) is 0. The zero-order valence-corrected chi connectivity index (χ0v) is 12.8. The number of nitrogens with one attached hydrogen (secondary N) is 1. The number of rotatable bonds is 7. The monoisotopic (exact) mass is 297 g/mol. The molecule has 0 aliphatic carbocycles. The minimum atomic E-state index is 0.751. The lowest BCUT2D eigenvalue weighted by atomic mass is 10.1. The Morgan fingerprint density at radius 2 is 2.00 bits per heavy atom. The maximum Gasteiger partial charge on any atom is 0.0209 e. The van der Waals surface area contributed by atoms with Crippen LogP contribution in [0.3, 0.4) is 0 Å². The van der Waals surface area contributed by atoms with Crippen molar-refractivity contribution in [3.05, 3.63) is 33.8 Å². The van der Waals surface area contributed by atoms with Gasteiger partial charge in [0, 0.05) is 4.47 Å². The SMILES string of the molecule is Cc1ccc(CCCCNCC(C)C)c(Br)c1. The van der Waals surface area contributed by atoms with Gasteiger partial charge in [-0.15, -0.1) is 0 Å². The zero-order valence-electron chi connectivity index (χ0n) is 11.2. The predicted molar refractivity (Wildman–Crippen MR) is 79.5 cm³/mol. The van der Waals surface area contributed by atoms with E-state index in [0.717, 1.165) is 19.0 Å². The summed E-state index contributed by atoms with van der Waals surface area (Å²) in [7, 11) is 0. The topological polar surface area (TPSA) is 12.0 Å². The molecule has 0 radical (unpaired) electrons. The van der Waals surface area contributed by atoms with Gasteiger partial charge in [0.05, 0.1) is 0 Å². The Kier molecular flexibility index (Phi) is 6.83. The summed E-state index contributed by atoms with van der Waals surface area (Å²) < 4.78 is 1.26. The Morgan fingerprint density at radius 3 is 2.65 bits per heavy atom. The highest BCUT2D eigenvalue weighted by molar-refractivity contribution is 9.10. The number of hydrogen-bond donors (Lipinski definition) is 1. The highest BCUT2D eigenvalue weighted by atomic mass is 79.9. The predicted octanol–water partition coefficient (Wildman–Crippen LogP) is 4.33. The Labute approximate surface area is 114 Å². The van der Waals surface area contributed by atoms with Crippen molar-refractivity contribution in [3.8, 4) is 0 Å². The molecule has 0 aliphatic rings. The third-order valence-corrected chi connectivity index (χ3v) is 3.55. The first-order valence-corrected chi connectivity index (χ1v) is 7.34. The second-order valence-electron chi connectivity index (χ2n) is 5.15. The molecule has 0 bridgehead atoms. The van der Waals surface area contributed by atoms with Crippen LogP contribution < -0.4 is 5.32 Å². The van der Waals surface area contributed by atoms with Crippen molar-refractivity contribution in [1.82, 2.24) is 5.32 Å². The quantitative estimate of drug-likeness (QED) is 0.739. The van der Waals surface area contributed by atoms with E-state index in [1.807, 2.05) is 0 Å². The van der Waals surface area contributed by atoms with E-state index in [2.05, 4.69) is 60.2 Å². The van der Waals surface area contributed by atoms with E-state index in [0.29, 0.717) is 0 Å². The third kappa shape index (κ3) is 6.23. The van der Waals surface area contributed by atoms with Crippen LogP contribution in [0.5, 0.6) is 0 Å². The van der Waals surface area contributed by atoms with Crippen molar-refractivity contribution in [2.75, 3.05) is 13.1 Å². The number of unbranched alkanes of at least 4 members (excludes halogenated alkanes) is 1. The molecule has 0 spiro atoms. The van der Waals surface area contributed by atoms with Crippen LogP contribution in [0.2, 0.25) is 0 Å². The average molecular weight is 298 g/mol. The molecule has 1 aromatic rings. The van der Waals surface area contributed by atoms with Gasteiger partial charge in [-0.2, -0.15) is 0 Å². The highest BCUT2D eigenvalue weighted by Gasteiger charge is 2.00. The molecule has 96 valence electrons. The summed E-state index contributed by atoms with van der Waals surface area (Å²) >= 11 is 3.63. The van der Waals surface area contributed by atoms with Crippen LogP contribution in [-0.2, 0) is 6.42 Å². The van der Waals surface area contributed by atoms with Crippen LogP contribution in [0.25, 0.3) is 0 Å². The number of aryl methyl sites for hydroxylation is 2. The molecule has 0 amide bonds. The van der Waals surface area contributed by atoms with E-state index in [1.54, 1.807) is 0 Å². The minimum absolute atomic E-state index is 0.751. The molecule has 1 N–H and O–H groups in total. The van der Waals surface area contributed by atoms with Gasteiger partial charge in [0.15, 0.2) is 0 Å². The third-order valence-electron chi connectivity index (χ3n) is 2.81. The first kappa shape index (κ1) is 14.7. The summed E-state index contributed by atoms with van der Waals surface area (Å²) in [6.45, 7) is 8.90. The van der Waals surface area contributed by atoms with Crippen LogP contribution in [0.1, 0.15) is 37.8 Å².